The van der Waals surface area contributed by atoms with Gasteiger partial charge in [-0.15, -0.1) is 0 Å². The minimum Gasteiger partial charge on any atom is -0.481 e. The number of halogens is 3. The molecule has 2 unspecified atom stereocenters. The second-order valence-corrected chi connectivity index (χ2v) is 4.51. The molecular formula is C12H22F3NO2. The summed E-state index contributed by atoms with van der Waals surface area (Å²) in [6.45, 7) is 3.93. The van der Waals surface area contributed by atoms with E-state index in [1.54, 1.807) is 0 Å². The smallest absolute Gasteiger partial charge is 0.403 e. The van der Waals surface area contributed by atoms with Crippen LogP contribution in [0.5, 0.6) is 0 Å². The van der Waals surface area contributed by atoms with Gasteiger partial charge in [-0.25, -0.2) is 0 Å². The fourth-order valence-electron chi connectivity index (χ4n) is 1.72. The number of unbranched alkanes of at least 4 members (excludes halogenated alkanes) is 1. The van der Waals surface area contributed by atoms with Gasteiger partial charge in [0.15, 0.2) is 5.92 Å². The van der Waals surface area contributed by atoms with Gasteiger partial charge in [-0.05, 0) is 18.9 Å². The molecule has 0 aliphatic carbocycles. The molecule has 0 saturated heterocycles. The molecule has 0 aliphatic heterocycles. The molecule has 0 aliphatic rings. The van der Waals surface area contributed by atoms with Gasteiger partial charge in [0.05, 0.1) is 0 Å². The van der Waals surface area contributed by atoms with Crippen molar-refractivity contribution in [3.8, 4) is 0 Å². The van der Waals surface area contributed by atoms with Crippen molar-refractivity contribution in [1.29, 1.82) is 0 Å². The number of hydrogen-bond donors (Lipinski definition) is 2. The standard InChI is InChI=1S/C12H22F3NO2/c1-3-5-6-9(4-2)7-16-8-10(11(17)18)12(13,14)15/h9-10,16H,3-8H2,1-2H3,(H,17,18). The first-order valence-electron chi connectivity index (χ1n) is 6.33. The molecule has 0 rings (SSSR count). The predicted molar refractivity (Wildman–Crippen MR) is 63.4 cm³/mol. The van der Waals surface area contributed by atoms with Gasteiger partial charge in [0.2, 0.25) is 0 Å². The van der Waals surface area contributed by atoms with Crippen molar-refractivity contribution in [3.63, 3.8) is 0 Å². The van der Waals surface area contributed by atoms with E-state index >= 15 is 0 Å². The van der Waals surface area contributed by atoms with Crippen LogP contribution in [0.4, 0.5) is 13.2 Å². The minimum absolute atomic E-state index is 0.313. The molecule has 0 aromatic rings. The van der Waals surface area contributed by atoms with Crippen LogP contribution in [0.2, 0.25) is 0 Å². The SMILES string of the molecule is CCCCC(CC)CNCC(C(=O)O)C(F)(F)F. The average Bonchev–Trinajstić information content (AvgIpc) is 2.25. The van der Waals surface area contributed by atoms with Gasteiger partial charge in [0.1, 0.15) is 0 Å². The van der Waals surface area contributed by atoms with E-state index in [-0.39, 0.29) is 0 Å². The molecule has 0 spiro atoms. The molecule has 0 bridgehead atoms. The van der Waals surface area contributed by atoms with Crippen molar-refractivity contribution in [3.05, 3.63) is 0 Å². The molecule has 6 heteroatoms. The molecule has 0 saturated carbocycles. The van der Waals surface area contributed by atoms with Crippen molar-refractivity contribution in [2.24, 2.45) is 11.8 Å². The Hall–Kier alpha value is -0.780. The second kappa shape index (κ2) is 8.34. The molecule has 0 fully saturated rings. The number of carboxylic acids is 1. The van der Waals surface area contributed by atoms with Crippen LogP contribution in [0.15, 0.2) is 0 Å². The molecule has 2 N–H and O–H groups in total. The van der Waals surface area contributed by atoms with Crippen LogP contribution in [0.3, 0.4) is 0 Å². The zero-order valence-electron chi connectivity index (χ0n) is 10.9. The van der Waals surface area contributed by atoms with Crippen molar-refractivity contribution in [2.75, 3.05) is 13.1 Å². The second-order valence-electron chi connectivity index (χ2n) is 4.51. The van der Waals surface area contributed by atoms with Crippen LogP contribution in [-0.2, 0) is 4.79 Å². The third kappa shape index (κ3) is 6.83. The predicted octanol–water partition coefficient (Wildman–Crippen LogP) is 3.06. The summed E-state index contributed by atoms with van der Waals surface area (Å²) in [5.41, 5.74) is 0. The molecule has 18 heavy (non-hydrogen) atoms. The van der Waals surface area contributed by atoms with E-state index < -0.39 is 24.6 Å². The number of carboxylic acid groups (broad SMARTS) is 1. The average molecular weight is 269 g/mol. The topological polar surface area (TPSA) is 49.3 Å². The van der Waals surface area contributed by atoms with Crippen LogP contribution < -0.4 is 5.32 Å². The van der Waals surface area contributed by atoms with Gasteiger partial charge in [0.25, 0.3) is 0 Å². The summed E-state index contributed by atoms with van der Waals surface area (Å²) in [7, 11) is 0. The fourth-order valence-corrected chi connectivity index (χ4v) is 1.72. The minimum atomic E-state index is -4.69. The molecule has 0 amide bonds. The van der Waals surface area contributed by atoms with E-state index in [9.17, 15) is 18.0 Å². The lowest BCUT2D eigenvalue weighted by molar-refractivity contribution is -0.192. The Morgan fingerprint density at radius 2 is 1.89 bits per heavy atom. The largest absolute Gasteiger partial charge is 0.481 e. The molecule has 0 aromatic carbocycles. The van der Waals surface area contributed by atoms with E-state index in [4.69, 9.17) is 5.11 Å². The van der Waals surface area contributed by atoms with Gasteiger partial charge >= 0.3 is 12.1 Å². The number of nitrogens with one attached hydrogen (secondary N) is 1. The lowest BCUT2D eigenvalue weighted by Crippen LogP contribution is -2.40. The molecule has 108 valence electrons. The monoisotopic (exact) mass is 269 g/mol. The summed E-state index contributed by atoms with van der Waals surface area (Å²) >= 11 is 0. The summed E-state index contributed by atoms with van der Waals surface area (Å²) in [4.78, 5) is 10.5. The third-order valence-corrected chi connectivity index (χ3v) is 3.02. The first-order chi connectivity index (χ1) is 8.32. The number of carbonyl (C=O) groups is 1. The Morgan fingerprint density at radius 1 is 1.28 bits per heavy atom. The highest BCUT2D eigenvalue weighted by molar-refractivity contribution is 5.71. The first-order valence-corrected chi connectivity index (χ1v) is 6.33. The lowest BCUT2D eigenvalue weighted by atomic mass is 9.99. The van der Waals surface area contributed by atoms with E-state index in [0.29, 0.717) is 12.5 Å². The van der Waals surface area contributed by atoms with E-state index in [1.807, 2.05) is 6.92 Å². The summed E-state index contributed by atoms with van der Waals surface area (Å²) in [5, 5.41) is 11.1. The Labute approximate surface area is 106 Å². The molecule has 0 heterocycles. The Kier molecular flexibility index (Phi) is 7.98. The number of rotatable bonds is 9. The lowest BCUT2D eigenvalue weighted by Gasteiger charge is -2.19. The maximum Gasteiger partial charge on any atom is 0.403 e. The van der Waals surface area contributed by atoms with Crippen molar-refractivity contribution in [2.45, 2.75) is 45.7 Å². The highest BCUT2D eigenvalue weighted by Gasteiger charge is 2.44. The molecule has 0 radical (unpaired) electrons. The van der Waals surface area contributed by atoms with Crippen LogP contribution in [0.1, 0.15) is 39.5 Å². The van der Waals surface area contributed by atoms with Crippen LogP contribution in [0, 0.1) is 11.8 Å². The third-order valence-electron chi connectivity index (χ3n) is 3.02. The van der Waals surface area contributed by atoms with Gasteiger partial charge in [-0.3, -0.25) is 4.79 Å². The Morgan fingerprint density at radius 3 is 2.28 bits per heavy atom. The van der Waals surface area contributed by atoms with Crippen molar-refractivity contribution >= 4 is 5.97 Å². The summed E-state index contributed by atoms with van der Waals surface area (Å²) < 4.78 is 37.1. The molecular weight excluding hydrogens is 247 g/mol. The first kappa shape index (κ1) is 17.2. The van der Waals surface area contributed by atoms with Gasteiger partial charge in [-0.2, -0.15) is 13.2 Å². The zero-order chi connectivity index (χ0) is 14.2. The zero-order valence-corrected chi connectivity index (χ0v) is 10.9. The summed E-state index contributed by atoms with van der Waals surface area (Å²) in [6, 6.07) is 0. The van der Waals surface area contributed by atoms with Gasteiger partial charge in [-0.1, -0.05) is 33.1 Å². The number of alkyl halides is 3. The van der Waals surface area contributed by atoms with E-state index in [0.717, 1.165) is 25.7 Å². The van der Waals surface area contributed by atoms with E-state index in [1.165, 1.54) is 0 Å². The normalized spacial score (nSPS) is 15.4. The van der Waals surface area contributed by atoms with Crippen molar-refractivity contribution in [1.82, 2.24) is 5.32 Å². The quantitative estimate of drug-likeness (QED) is 0.676. The van der Waals surface area contributed by atoms with Crippen LogP contribution >= 0.6 is 0 Å². The van der Waals surface area contributed by atoms with Gasteiger partial charge in [0, 0.05) is 6.54 Å². The fraction of sp³-hybridized carbons (Fsp3) is 0.917. The van der Waals surface area contributed by atoms with E-state index in [2.05, 4.69) is 12.2 Å². The molecule has 0 aromatic heterocycles. The summed E-state index contributed by atoms with van der Waals surface area (Å²) in [5.74, 6) is -3.83. The Balaban J connectivity index is 4.09. The molecule has 2 atom stereocenters. The maximum absolute atomic E-state index is 12.4. The Bertz CT molecular complexity index is 244. The van der Waals surface area contributed by atoms with Crippen molar-refractivity contribution < 1.29 is 23.1 Å². The van der Waals surface area contributed by atoms with Crippen LogP contribution in [-0.4, -0.2) is 30.3 Å². The maximum atomic E-state index is 12.4. The number of aliphatic carboxylic acids is 1. The highest BCUT2D eigenvalue weighted by Crippen LogP contribution is 2.26. The van der Waals surface area contributed by atoms with Crippen LogP contribution in [0.25, 0.3) is 0 Å². The summed E-state index contributed by atoms with van der Waals surface area (Å²) in [6.07, 6.45) is -0.747. The number of hydrogen-bond acceptors (Lipinski definition) is 2. The highest BCUT2D eigenvalue weighted by atomic mass is 19.4. The van der Waals surface area contributed by atoms with Gasteiger partial charge < -0.3 is 10.4 Å². The molecule has 3 nitrogen and oxygen atoms in total.